The second kappa shape index (κ2) is 6.88. The highest BCUT2D eigenvalue weighted by Crippen LogP contribution is 2.31. The maximum absolute atomic E-state index is 12.8. The highest BCUT2D eigenvalue weighted by atomic mass is 32.2. The van der Waals surface area contributed by atoms with Gasteiger partial charge < -0.3 is 4.74 Å². The zero-order valence-electron chi connectivity index (χ0n) is 12.9. The van der Waals surface area contributed by atoms with Crippen molar-refractivity contribution in [2.45, 2.75) is 6.61 Å². The fourth-order valence-corrected chi connectivity index (χ4v) is 2.93. The van der Waals surface area contributed by atoms with Crippen LogP contribution in [-0.4, -0.2) is 23.1 Å². The predicted molar refractivity (Wildman–Crippen MR) is 90.9 cm³/mol. The van der Waals surface area contributed by atoms with Crippen molar-refractivity contribution in [1.82, 2.24) is 4.90 Å². The van der Waals surface area contributed by atoms with Crippen molar-refractivity contribution < 1.29 is 18.7 Å². The molecule has 2 aromatic carbocycles. The summed E-state index contributed by atoms with van der Waals surface area (Å²) >= 11 is 0.926. The summed E-state index contributed by atoms with van der Waals surface area (Å²) in [7, 11) is 1.46. The van der Waals surface area contributed by atoms with Crippen LogP contribution < -0.4 is 4.74 Å². The summed E-state index contributed by atoms with van der Waals surface area (Å²) in [6.07, 6.45) is 1.68. The zero-order chi connectivity index (χ0) is 17.1. The monoisotopic (exact) mass is 343 g/mol. The van der Waals surface area contributed by atoms with Crippen LogP contribution in [0.3, 0.4) is 0 Å². The number of halogens is 1. The fraction of sp³-hybridized carbons (Fsp3) is 0.111. The van der Waals surface area contributed by atoms with E-state index >= 15 is 0 Å². The molecular formula is C18H14FNO3S. The molecule has 0 atom stereocenters. The van der Waals surface area contributed by atoms with Gasteiger partial charge in [0.1, 0.15) is 18.2 Å². The van der Waals surface area contributed by atoms with Crippen LogP contribution in [0.1, 0.15) is 11.1 Å². The second-order valence-corrected chi connectivity index (χ2v) is 6.22. The number of carbonyl (C=O) groups excluding carboxylic acids is 2. The lowest BCUT2D eigenvalue weighted by Gasteiger charge is -2.06. The van der Waals surface area contributed by atoms with Gasteiger partial charge in [-0.05, 0) is 53.2 Å². The van der Waals surface area contributed by atoms with E-state index in [1.807, 2.05) is 12.1 Å². The van der Waals surface area contributed by atoms with Crippen LogP contribution >= 0.6 is 11.8 Å². The number of hydrogen-bond donors (Lipinski definition) is 0. The summed E-state index contributed by atoms with van der Waals surface area (Å²) in [6.45, 7) is 0.342. The molecule has 1 aliphatic heterocycles. The summed E-state index contributed by atoms with van der Waals surface area (Å²) in [6, 6.07) is 13.3. The Hall–Kier alpha value is -2.60. The molecule has 122 valence electrons. The quantitative estimate of drug-likeness (QED) is 0.785. The molecule has 0 aromatic heterocycles. The highest BCUT2D eigenvalue weighted by Gasteiger charge is 2.31. The first-order valence-corrected chi connectivity index (χ1v) is 8.03. The van der Waals surface area contributed by atoms with E-state index in [4.69, 9.17) is 4.74 Å². The summed E-state index contributed by atoms with van der Waals surface area (Å²) < 4.78 is 18.5. The van der Waals surface area contributed by atoms with Gasteiger partial charge in [-0.2, -0.15) is 0 Å². The average Bonchev–Trinajstić information content (AvgIpc) is 2.83. The maximum atomic E-state index is 12.8. The molecular weight excluding hydrogens is 329 g/mol. The number of thioether (sulfide) groups is 1. The molecule has 1 heterocycles. The average molecular weight is 343 g/mol. The molecule has 1 fully saturated rings. The van der Waals surface area contributed by atoms with Gasteiger partial charge in [0.25, 0.3) is 11.1 Å². The first kappa shape index (κ1) is 16.3. The van der Waals surface area contributed by atoms with E-state index in [-0.39, 0.29) is 17.0 Å². The topological polar surface area (TPSA) is 46.6 Å². The van der Waals surface area contributed by atoms with Crippen LogP contribution in [0.25, 0.3) is 6.08 Å². The van der Waals surface area contributed by atoms with Crippen molar-refractivity contribution in [1.29, 1.82) is 0 Å². The molecule has 0 saturated carbocycles. The van der Waals surface area contributed by atoms with E-state index in [1.54, 1.807) is 30.3 Å². The van der Waals surface area contributed by atoms with Crippen molar-refractivity contribution in [3.8, 4) is 5.75 Å². The van der Waals surface area contributed by atoms with Gasteiger partial charge in [0, 0.05) is 7.05 Å². The minimum atomic E-state index is -0.290. The van der Waals surface area contributed by atoms with Crippen molar-refractivity contribution in [2.75, 3.05) is 7.05 Å². The fourth-order valence-electron chi connectivity index (χ4n) is 2.10. The Balaban J connectivity index is 1.64. The minimum absolute atomic E-state index is 0.273. The number of ether oxygens (including phenoxy) is 1. The van der Waals surface area contributed by atoms with Gasteiger partial charge >= 0.3 is 0 Å². The van der Waals surface area contributed by atoms with Gasteiger partial charge in [0.05, 0.1) is 4.91 Å². The molecule has 3 rings (SSSR count). The third-order valence-corrected chi connectivity index (χ3v) is 4.44. The molecule has 1 aliphatic rings. The largest absolute Gasteiger partial charge is 0.489 e. The Morgan fingerprint density at radius 1 is 1.08 bits per heavy atom. The molecule has 2 amide bonds. The normalized spacial score (nSPS) is 16.1. The van der Waals surface area contributed by atoms with Crippen molar-refractivity contribution in [2.24, 2.45) is 0 Å². The molecule has 24 heavy (non-hydrogen) atoms. The number of carbonyl (C=O) groups is 2. The lowest BCUT2D eigenvalue weighted by Crippen LogP contribution is -2.22. The Labute approximate surface area is 142 Å². The first-order chi connectivity index (χ1) is 11.5. The van der Waals surface area contributed by atoms with Gasteiger partial charge in [-0.3, -0.25) is 14.5 Å². The van der Waals surface area contributed by atoms with E-state index in [2.05, 4.69) is 0 Å². The van der Waals surface area contributed by atoms with Crippen LogP contribution in [0.15, 0.2) is 53.4 Å². The highest BCUT2D eigenvalue weighted by molar-refractivity contribution is 8.18. The smallest absolute Gasteiger partial charge is 0.293 e. The maximum Gasteiger partial charge on any atom is 0.293 e. The first-order valence-electron chi connectivity index (χ1n) is 7.22. The van der Waals surface area contributed by atoms with E-state index in [9.17, 15) is 14.0 Å². The molecule has 0 spiro atoms. The second-order valence-electron chi connectivity index (χ2n) is 5.22. The zero-order valence-corrected chi connectivity index (χ0v) is 13.7. The summed E-state index contributed by atoms with van der Waals surface area (Å²) in [5, 5.41) is -0.273. The van der Waals surface area contributed by atoms with Crippen molar-refractivity contribution >= 4 is 29.0 Å². The summed E-state index contributed by atoms with van der Waals surface area (Å²) in [5.74, 6) is 0.0984. The Kier molecular flexibility index (Phi) is 4.66. The van der Waals surface area contributed by atoms with Gasteiger partial charge in [0.15, 0.2) is 0 Å². The molecule has 0 aliphatic carbocycles. The Morgan fingerprint density at radius 3 is 2.33 bits per heavy atom. The minimum Gasteiger partial charge on any atom is -0.489 e. The lowest BCUT2D eigenvalue weighted by molar-refractivity contribution is -0.121. The predicted octanol–water partition coefficient (Wildman–Crippen LogP) is 4.07. The molecule has 4 nitrogen and oxygen atoms in total. The number of rotatable bonds is 4. The van der Waals surface area contributed by atoms with E-state index in [1.165, 1.54) is 19.2 Å². The van der Waals surface area contributed by atoms with Gasteiger partial charge in [0.2, 0.25) is 0 Å². The molecule has 6 heteroatoms. The van der Waals surface area contributed by atoms with E-state index in [0.29, 0.717) is 17.3 Å². The van der Waals surface area contributed by atoms with Crippen LogP contribution in [-0.2, 0) is 11.4 Å². The molecule has 0 unspecified atom stereocenters. The number of amides is 2. The van der Waals surface area contributed by atoms with Gasteiger partial charge in [-0.25, -0.2) is 4.39 Å². The van der Waals surface area contributed by atoms with Crippen molar-refractivity contribution in [3.05, 3.63) is 70.4 Å². The Morgan fingerprint density at radius 2 is 1.75 bits per heavy atom. The molecule has 0 N–H and O–H groups in total. The molecule has 0 radical (unpaired) electrons. The van der Waals surface area contributed by atoms with Crippen LogP contribution in [0.5, 0.6) is 5.75 Å². The lowest BCUT2D eigenvalue weighted by atomic mass is 10.2. The molecule has 2 aromatic rings. The van der Waals surface area contributed by atoms with Crippen molar-refractivity contribution in [3.63, 3.8) is 0 Å². The number of imide groups is 1. The number of likely N-dealkylation sites (N-methyl/N-ethyl adjacent to an activating group) is 1. The molecule has 0 bridgehead atoms. The third kappa shape index (κ3) is 3.65. The van der Waals surface area contributed by atoms with E-state index in [0.717, 1.165) is 27.8 Å². The third-order valence-electron chi connectivity index (χ3n) is 3.48. The molecule has 1 saturated heterocycles. The Bertz CT molecular complexity index is 800. The summed E-state index contributed by atoms with van der Waals surface area (Å²) in [5.41, 5.74) is 1.68. The SMILES string of the molecule is CN1C(=O)S/C(=C\c2ccc(OCc3ccc(F)cc3)cc2)C1=O. The summed E-state index contributed by atoms with van der Waals surface area (Å²) in [4.78, 5) is 24.8. The number of nitrogens with zero attached hydrogens (tertiary/aromatic N) is 1. The standard InChI is InChI=1S/C18H14FNO3S/c1-20-17(21)16(24-18(20)22)10-12-4-8-15(9-5-12)23-11-13-2-6-14(19)7-3-13/h2-10H,11H2,1H3/b16-10-. The van der Waals surface area contributed by atoms with Gasteiger partial charge in [-0.15, -0.1) is 0 Å². The number of benzene rings is 2. The van der Waals surface area contributed by atoms with Gasteiger partial charge in [-0.1, -0.05) is 24.3 Å². The van der Waals surface area contributed by atoms with Crippen LogP contribution in [0, 0.1) is 5.82 Å². The number of hydrogen-bond acceptors (Lipinski definition) is 4. The van der Waals surface area contributed by atoms with Crippen LogP contribution in [0.4, 0.5) is 9.18 Å². The van der Waals surface area contributed by atoms with Crippen LogP contribution in [0.2, 0.25) is 0 Å². The van der Waals surface area contributed by atoms with E-state index < -0.39 is 0 Å².